The fraction of sp³-hybridized carbons (Fsp3) is 0.538. The first kappa shape index (κ1) is 12.6. The molecule has 1 aliphatic rings. The van der Waals surface area contributed by atoms with Crippen molar-refractivity contribution >= 4 is 31.9 Å². The molecule has 2 rings (SSSR count). The lowest BCUT2D eigenvalue weighted by Gasteiger charge is -2.16. The molecule has 0 bridgehead atoms. The monoisotopic (exact) mass is 346 g/mol. The van der Waals surface area contributed by atoms with Crippen LogP contribution in [0.2, 0.25) is 0 Å². The van der Waals surface area contributed by atoms with Crippen molar-refractivity contribution < 1.29 is 5.11 Å². The maximum Gasteiger partial charge on any atom is 0.0793 e. The van der Waals surface area contributed by atoms with E-state index in [0.717, 1.165) is 26.8 Å². The summed E-state index contributed by atoms with van der Waals surface area (Å²) in [5.74, 6) is 0.720. The number of hydrogen-bond acceptors (Lipinski definition) is 1. The van der Waals surface area contributed by atoms with E-state index < -0.39 is 0 Å². The molecule has 1 aromatic carbocycles. The third-order valence-electron chi connectivity index (χ3n) is 3.36. The number of aliphatic hydroxyl groups excluding tert-OH is 1. The molecule has 1 unspecified atom stereocenters. The normalized spacial score (nSPS) is 18.9. The highest BCUT2D eigenvalue weighted by molar-refractivity contribution is 9.13. The van der Waals surface area contributed by atoms with Gasteiger partial charge in [0.1, 0.15) is 0 Å². The zero-order valence-corrected chi connectivity index (χ0v) is 12.3. The van der Waals surface area contributed by atoms with E-state index in [1.807, 2.05) is 18.2 Å². The molecule has 0 spiro atoms. The topological polar surface area (TPSA) is 20.2 Å². The summed E-state index contributed by atoms with van der Waals surface area (Å²) in [6, 6.07) is 5.98. The van der Waals surface area contributed by atoms with Gasteiger partial charge >= 0.3 is 0 Å². The van der Waals surface area contributed by atoms with Gasteiger partial charge in [0.25, 0.3) is 0 Å². The van der Waals surface area contributed by atoms with Crippen LogP contribution in [0.5, 0.6) is 0 Å². The number of aliphatic hydroxyl groups is 1. The van der Waals surface area contributed by atoms with Gasteiger partial charge in [-0.25, -0.2) is 0 Å². The second kappa shape index (κ2) is 5.65. The quantitative estimate of drug-likeness (QED) is 0.830. The summed E-state index contributed by atoms with van der Waals surface area (Å²) in [5, 5.41) is 10.2. The van der Waals surface area contributed by atoms with Crippen molar-refractivity contribution in [3.8, 4) is 0 Å². The summed E-state index contributed by atoms with van der Waals surface area (Å²) in [6.45, 7) is 0. The zero-order valence-electron chi connectivity index (χ0n) is 9.13. The van der Waals surface area contributed by atoms with Gasteiger partial charge in [-0.3, -0.25) is 0 Å². The van der Waals surface area contributed by atoms with Gasteiger partial charge in [-0.15, -0.1) is 0 Å². The molecule has 0 radical (unpaired) electrons. The van der Waals surface area contributed by atoms with Crippen LogP contribution in [0.25, 0.3) is 0 Å². The van der Waals surface area contributed by atoms with Crippen LogP contribution in [0.4, 0.5) is 0 Å². The maximum atomic E-state index is 10.2. The molecule has 0 amide bonds. The first-order valence-electron chi connectivity index (χ1n) is 5.80. The summed E-state index contributed by atoms with van der Waals surface area (Å²) >= 11 is 6.91. The summed E-state index contributed by atoms with van der Waals surface area (Å²) in [5.41, 5.74) is 1.02. The standard InChI is InChI=1S/C13H16Br2O/c14-11-6-5-10(8-12(11)15)13(16)7-9-3-1-2-4-9/h5-6,8-9,13,16H,1-4,7H2. The van der Waals surface area contributed by atoms with Gasteiger partial charge in [-0.05, 0) is 61.9 Å². The van der Waals surface area contributed by atoms with E-state index in [-0.39, 0.29) is 6.10 Å². The van der Waals surface area contributed by atoms with E-state index in [0.29, 0.717) is 0 Å². The van der Waals surface area contributed by atoms with Gasteiger partial charge in [0, 0.05) is 8.95 Å². The Kier molecular flexibility index (Phi) is 4.45. The molecule has 1 nitrogen and oxygen atoms in total. The number of rotatable bonds is 3. The lowest BCUT2D eigenvalue weighted by atomic mass is 9.96. The van der Waals surface area contributed by atoms with E-state index in [4.69, 9.17) is 0 Å². The van der Waals surface area contributed by atoms with E-state index in [1.165, 1.54) is 25.7 Å². The van der Waals surface area contributed by atoms with Crippen molar-refractivity contribution in [2.45, 2.75) is 38.2 Å². The predicted octanol–water partition coefficient (Wildman–Crippen LogP) is 4.83. The summed E-state index contributed by atoms with van der Waals surface area (Å²) < 4.78 is 2.04. The second-order valence-corrected chi connectivity index (χ2v) is 6.28. The number of benzene rings is 1. The average molecular weight is 348 g/mol. The number of hydrogen-bond donors (Lipinski definition) is 1. The molecule has 1 fully saturated rings. The minimum atomic E-state index is -0.313. The Bertz CT molecular complexity index is 359. The Morgan fingerprint density at radius 1 is 1.19 bits per heavy atom. The fourth-order valence-electron chi connectivity index (χ4n) is 2.42. The van der Waals surface area contributed by atoms with Gasteiger partial charge in [0.2, 0.25) is 0 Å². The average Bonchev–Trinajstić information content (AvgIpc) is 2.74. The van der Waals surface area contributed by atoms with Crippen molar-refractivity contribution in [3.63, 3.8) is 0 Å². The van der Waals surface area contributed by atoms with E-state index in [2.05, 4.69) is 31.9 Å². The van der Waals surface area contributed by atoms with Crippen LogP contribution < -0.4 is 0 Å². The molecule has 1 atom stereocenters. The Morgan fingerprint density at radius 2 is 1.88 bits per heavy atom. The lowest BCUT2D eigenvalue weighted by Crippen LogP contribution is -2.04. The maximum absolute atomic E-state index is 10.2. The Balaban J connectivity index is 2.02. The van der Waals surface area contributed by atoms with Crippen molar-refractivity contribution in [1.82, 2.24) is 0 Å². The molecule has 88 valence electrons. The van der Waals surface area contributed by atoms with Gasteiger partial charge in [0.15, 0.2) is 0 Å². The molecule has 16 heavy (non-hydrogen) atoms. The van der Waals surface area contributed by atoms with Crippen LogP contribution in [-0.4, -0.2) is 5.11 Å². The van der Waals surface area contributed by atoms with Crippen molar-refractivity contribution in [2.75, 3.05) is 0 Å². The largest absolute Gasteiger partial charge is 0.388 e. The van der Waals surface area contributed by atoms with E-state index >= 15 is 0 Å². The molecule has 0 heterocycles. The molecule has 1 saturated carbocycles. The highest BCUT2D eigenvalue weighted by Crippen LogP contribution is 2.34. The SMILES string of the molecule is OC(CC1CCCC1)c1ccc(Br)c(Br)c1. The fourth-order valence-corrected chi connectivity index (χ4v) is 3.06. The van der Waals surface area contributed by atoms with Crippen molar-refractivity contribution in [3.05, 3.63) is 32.7 Å². The molecule has 1 N–H and O–H groups in total. The molecule has 1 aromatic rings. The van der Waals surface area contributed by atoms with Gasteiger partial charge < -0.3 is 5.11 Å². The highest BCUT2D eigenvalue weighted by Gasteiger charge is 2.20. The van der Waals surface area contributed by atoms with Gasteiger partial charge in [-0.2, -0.15) is 0 Å². The molecule has 0 saturated heterocycles. The molecular weight excluding hydrogens is 332 g/mol. The van der Waals surface area contributed by atoms with Crippen LogP contribution in [0.1, 0.15) is 43.8 Å². The number of halogens is 2. The van der Waals surface area contributed by atoms with Crippen LogP contribution in [0.15, 0.2) is 27.1 Å². The van der Waals surface area contributed by atoms with Crippen LogP contribution in [-0.2, 0) is 0 Å². The first-order valence-corrected chi connectivity index (χ1v) is 7.38. The Labute approximate surface area is 114 Å². The first-order chi connectivity index (χ1) is 7.66. The Hall–Kier alpha value is 0.140. The van der Waals surface area contributed by atoms with Crippen LogP contribution in [0, 0.1) is 5.92 Å². The van der Waals surface area contributed by atoms with Gasteiger partial charge in [-0.1, -0.05) is 31.7 Å². The molecular formula is C13H16Br2O. The van der Waals surface area contributed by atoms with E-state index in [9.17, 15) is 5.11 Å². The van der Waals surface area contributed by atoms with Gasteiger partial charge in [0.05, 0.1) is 6.10 Å². The molecule has 0 aromatic heterocycles. The molecule has 0 aliphatic heterocycles. The molecule has 3 heteroatoms. The summed E-state index contributed by atoms with van der Waals surface area (Å²) in [7, 11) is 0. The smallest absolute Gasteiger partial charge is 0.0793 e. The third kappa shape index (κ3) is 3.08. The van der Waals surface area contributed by atoms with Crippen molar-refractivity contribution in [1.29, 1.82) is 0 Å². The lowest BCUT2D eigenvalue weighted by molar-refractivity contribution is 0.145. The third-order valence-corrected chi connectivity index (χ3v) is 5.24. The summed E-state index contributed by atoms with van der Waals surface area (Å²) in [6.07, 6.45) is 5.84. The van der Waals surface area contributed by atoms with E-state index in [1.54, 1.807) is 0 Å². The Morgan fingerprint density at radius 3 is 2.50 bits per heavy atom. The highest BCUT2D eigenvalue weighted by atomic mass is 79.9. The molecule has 1 aliphatic carbocycles. The minimum Gasteiger partial charge on any atom is -0.388 e. The van der Waals surface area contributed by atoms with Crippen LogP contribution in [0.3, 0.4) is 0 Å². The summed E-state index contributed by atoms with van der Waals surface area (Å²) in [4.78, 5) is 0. The van der Waals surface area contributed by atoms with Crippen molar-refractivity contribution in [2.24, 2.45) is 5.92 Å². The van der Waals surface area contributed by atoms with Crippen LogP contribution >= 0.6 is 31.9 Å². The minimum absolute atomic E-state index is 0.313. The second-order valence-electron chi connectivity index (χ2n) is 4.58. The zero-order chi connectivity index (χ0) is 11.5. The predicted molar refractivity (Wildman–Crippen MR) is 73.4 cm³/mol.